The van der Waals surface area contributed by atoms with Crippen LogP contribution in [0.1, 0.15) is 23.6 Å². The summed E-state index contributed by atoms with van der Waals surface area (Å²) in [5.41, 5.74) is 6.69. The lowest BCUT2D eigenvalue weighted by Gasteiger charge is -2.14. The predicted molar refractivity (Wildman–Crippen MR) is 174 cm³/mol. The van der Waals surface area contributed by atoms with Crippen LogP contribution in [0.4, 0.5) is 5.69 Å². The van der Waals surface area contributed by atoms with Crippen LogP contribution < -0.4 is 0 Å². The van der Waals surface area contributed by atoms with Gasteiger partial charge in [-0.2, -0.15) is 0 Å². The minimum absolute atomic E-state index is 0.949. The van der Waals surface area contributed by atoms with E-state index >= 15 is 0 Å². The number of allylic oxidation sites excluding steroid dienone is 2. The third kappa shape index (κ3) is 4.26. The lowest BCUT2D eigenvalue weighted by atomic mass is 9.91. The fourth-order valence-corrected chi connectivity index (χ4v) is 5.86. The molecule has 1 nitrogen and oxygen atoms in total. The van der Waals surface area contributed by atoms with Gasteiger partial charge in [0.05, 0.1) is 11.4 Å². The minimum Gasteiger partial charge on any atom is -0.248 e. The highest BCUT2D eigenvalue weighted by atomic mass is 14.7. The largest absolute Gasteiger partial charge is 0.248 e. The zero-order chi connectivity index (χ0) is 27.1. The molecule has 0 N–H and O–H groups in total. The van der Waals surface area contributed by atoms with Gasteiger partial charge < -0.3 is 0 Å². The molecule has 7 aromatic rings. The van der Waals surface area contributed by atoms with E-state index in [0.29, 0.717) is 0 Å². The van der Waals surface area contributed by atoms with E-state index in [2.05, 4.69) is 153 Å². The fourth-order valence-electron chi connectivity index (χ4n) is 5.86. The summed E-state index contributed by atoms with van der Waals surface area (Å²) in [4.78, 5) is 5.28. The van der Waals surface area contributed by atoms with Crippen molar-refractivity contribution in [3.63, 3.8) is 0 Å². The van der Waals surface area contributed by atoms with E-state index in [1.165, 1.54) is 59.8 Å². The molecule has 0 unspecified atom stereocenters. The van der Waals surface area contributed by atoms with Crippen LogP contribution in [0, 0.1) is 6.92 Å². The molecule has 0 atom stereocenters. The molecule has 7 rings (SSSR count). The number of aryl methyl sites for hydroxylation is 1. The number of hydrogen-bond acceptors (Lipinski definition) is 1. The Labute approximate surface area is 234 Å². The second-order valence-corrected chi connectivity index (χ2v) is 10.5. The van der Waals surface area contributed by atoms with Gasteiger partial charge in [0.2, 0.25) is 0 Å². The molecule has 0 aliphatic rings. The molecule has 0 heterocycles. The third-order valence-corrected chi connectivity index (χ3v) is 7.87. The molecular formula is C39H29N. The molecule has 0 radical (unpaired) electrons. The molecule has 190 valence electrons. The molecule has 0 bridgehead atoms. The third-order valence-electron chi connectivity index (χ3n) is 7.87. The van der Waals surface area contributed by atoms with Gasteiger partial charge in [-0.3, -0.25) is 0 Å². The van der Waals surface area contributed by atoms with Crippen molar-refractivity contribution in [2.24, 2.45) is 4.99 Å². The summed E-state index contributed by atoms with van der Waals surface area (Å²) < 4.78 is 0. The van der Waals surface area contributed by atoms with Crippen LogP contribution in [0.25, 0.3) is 48.7 Å². The van der Waals surface area contributed by atoms with Crippen molar-refractivity contribution >= 4 is 60.1 Å². The SMILES string of the molecule is C/C(=C/C(=Nc1ccc(C)cc1)c1cc2ccccc2c2ccccc12)c1cc2ccccc2c2ccccc12. The number of rotatable bonds is 4. The van der Waals surface area contributed by atoms with Crippen LogP contribution in [-0.2, 0) is 0 Å². The average molecular weight is 512 g/mol. The van der Waals surface area contributed by atoms with Gasteiger partial charge in [-0.05, 0) is 98.4 Å². The zero-order valence-electron chi connectivity index (χ0n) is 22.7. The van der Waals surface area contributed by atoms with Crippen LogP contribution in [0.15, 0.2) is 145 Å². The van der Waals surface area contributed by atoms with E-state index < -0.39 is 0 Å². The quantitative estimate of drug-likeness (QED) is 0.165. The van der Waals surface area contributed by atoms with Crippen molar-refractivity contribution in [1.29, 1.82) is 0 Å². The van der Waals surface area contributed by atoms with Crippen molar-refractivity contribution in [2.45, 2.75) is 13.8 Å². The van der Waals surface area contributed by atoms with Gasteiger partial charge >= 0.3 is 0 Å². The maximum atomic E-state index is 5.28. The van der Waals surface area contributed by atoms with Crippen molar-refractivity contribution in [2.75, 3.05) is 0 Å². The molecule has 0 amide bonds. The first-order chi connectivity index (χ1) is 19.7. The molecule has 0 saturated heterocycles. The summed E-state index contributed by atoms with van der Waals surface area (Å²) in [5.74, 6) is 0. The Morgan fingerprint density at radius 1 is 0.500 bits per heavy atom. The lowest BCUT2D eigenvalue weighted by Crippen LogP contribution is -2.00. The van der Waals surface area contributed by atoms with Crippen LogP contribution in [0.5, 0.6) is 0 Å². The highest BCUT2D eigenvalue weighted by molar-refractivity contribution is 6.24. The maximum Gasteiger partial charge on any atom is 0.0718 e. The molecule has 0 aromatic heterocycles. The minimum atomic E-state index is 0.949. The number of hydrogen-bond donors (Lipinski definition) is 0. The predicted octanol–water partition coefficient (Wildman–Crippen LogP) is 10.8. The van der Waals surface area contributed by atoms with Gasteiger partial charge in [0.1, 0.15) is 0 Å². The lowest BCUT2D eigenvalue weighted by molar-refractivity contribution is 1.43. The molecule has 0 fully saturated rings. The van der Waals surface area contributed by atoms with E-state index in [9.17, 15) is 0 Å². The Morgan fingerprint density at radius 2 is 0.950 bits per heavy atom. The molecule has 0 aliphatic heterocycles. The Hall–Kier alpha value is -5.01. The molecule has 7 aromatic carbocycles. The van der Waals surface area contributed by atoms with Crippen LogP contribution >= 0.6 is 0 Å². The normalized spacial score (nSPS) is 12.6. The van der Waals surface area contributed by atoms with Gasteiger partial charge in [0.15, 0.2) is 0 Å². The van der Waals surface area contributed by atoms with E-state index in [4.69, 9.17) is 4.99 Å². The number of fused-ring (bicyclic) bond motifs is 6. The zero-order valence-corrected chi connectivity index (χ0v) is 22.7. The Balaban J connectivity index is 1.51. The first-order valence-corrected chi connectivity index (χ1v) is 13.8. The summed E-state index contributed by atoms with van der Waals surface area (Å²) in [6.07, 6.45) is 2.27. The van der Waals surface area contributed by atoms with Crippen molar-refractivity contribution < 1.29 is 0 Å². The average Bonchev–Trinajstić information content (AvgIpc) is 3.01. The van der Waals surface area contributed by atoms with Crippen LogP contribution in [-0.4, -0.2) is 5.71 Å². The summed E-state index contributed by atoms with van der Waals surface area (Å²) in [5, 5.41) is 9.99. The molecule has 0 saturated carbocycles. The highest BCUT2D eigenvalue weighted by Gasteiger charge is 2.13. The van der Waals surface area contributed by atoms with Crippen LogP contribution in [0.2, 0.25) is 0 Å². The number of benzene rings is 7. The van der Waals surface area contributed by atoms with Crippen molar-refractivity contribution in [3.8, 4) is 0 Å². The standard InChI is InChI=1S/C39H29N/c1-26-19-21-30(22-20-26)40-39(38-25-29-12-4-6-14-32(29)34-16-8-10-18-36(34)38)23-27(2)37-24-28-11-3-5-13-31(28)33-15-7-9-17-35(33)37/h3-25H,1-2H3/b27-23-,40-39?. The fraction of sp³-hybridized carbons (Fsp3) is 0.0513. The second-order valence-electron chi connectivity index (χ2n) is 10.5. The summed E-state index contributed by atoms with van der Waals surface area (Å²) in [7, 11) is 0. The summed E-state index contributed by atoms with van der Waals surface area (Å²) in [6, 6.07) is 47.8. The Bertz CT molecular complexity index is 2110. The van der Waals surface area contributed by atoms with Gasteiger partial charge in [-0.25, -0.2) is 4.99 Å². The Kier molecular flexibility index (Phi) is 5.98. The number of aliphatic imine (C=N–C) groups is 1. The molecular weight excluding hydrogens is 482 g/mol. The van der Waals surface area contributed by atoms with E-state index in [1.54, 1.807) is 0 Å². The molecule has 40 heavy (non-hydrogen) atoms. The summed E-state index contributed by atoms with van der Waals surface area (Å²) in [6.45, 7) is 4.32. The smallest absolute Gasteiger partial charge is 0.0718 e. The van der Waals surface area contributed by atoms with Gasteiger partial charge in [-0.1, -0.05) is 115 Å². The molecule has 0 spiro atoms. The number of nitrogens with zero attached hydrogens (tertiary/aromatic N) is 1. The van der Waals surface area contributed by atoms with Crippen LogP contribution in [0.3, 0.4) is 0 Å². The highest BCUT2D eigenvalue weighted by Crippen LogP contribution is 2.34. The van der Waals surface area contributed by atoms with E-state index in [1.807, 2.05) is 0 Å². The monoisotopic (exact) mass is 511 g/mol. The molecule has 1 heteroatoms. The van der Waals surface area contributed by atoms with E-state index in [-0.39, 0.29) is 0 Å². The van der Waals surface area contributed by atoms with Gasteiger partial charge in [-0.15, -0.1) is 0 Å². The van der Waals surface area contributed by atoms with Crippen molar-refractivity contribution in [1.82, 2.24) is 0 Å². The first kappa shape index (κ1) is 24.1. The maximum absolute atomic E-state index is 5.28. The topological polar surface area (TPSA) is 12.4 Å². The van der Waals surface area contributed by atoms with E-state index in [0.717, 1.165) is 17.0 Å². The van der Waals surface area contributed by atoms with Crippen molar-refractivity contribution in [3.05, 3.63) is 156 Å². The second kappa shape index (κ2) is 9.94. The van der Waals surface area contributed by atoms with Gasteiger partial charge in [0.25, 0.3) is 0 Å². The molecule has 0 aliphatic carbocycles. The Morgan fingerprint density at radius 3 is 1.52 bits per heavy atom. The summed E-state index contributed by atoms with van der Waals surface area (Å²) >= 11 is 0. The van der Waals surface area contributed by atoms with Gasteiger partial charge in [0, 0.05) is 5.56 Å². The first-order valence-electron chi connectivity index (χ1n) is 13.8.